The summed E-state index contributed by atoms with van der Waals surface area (Å²) in [6.45, 7) is 1.12. The molecule has 1 saturated carbocycles. The fraction of sp³-hybridized carbons (Fsp3) is 0.600. The number of rotatable bonds is 5. The van der Waals surface area contributed by atoms with E-state index in [1.165, 1.54) is 6.26 Å². The van der Waals surface area contributed by atoms with Gasteiger partial charge in [-0.25, -0.2) is 13.1 Å². The summed E-state index contributed by atoms with van der Waals surface area (Å²) in [5.41, 5.74) is 0.884. The number of hydrogen-bond acceptors (Lipinski definition) is 4. The van der Waals surface area contributed by atoms with Gasteiger partial charge in [0, 0.05) is 31.5 Å². The standard InChI is InChI=1S/C15H21N3O3S/c1-22(20,21)17-14-10-18(9-13(14)12-4-5-12)15(19)7-11-3-2-6-16-8-11/h2-3,6,8,12-14,17H,4-5,7,9-10H2,1H3/t13-,14+/m0/s1. The fourth-order valence-electron chi connectivity index (χ4n) is 3.22. The van der Waals surface area contributed by atoms with Crippen molar-refractivity contribution < 1.29 is 13.2 Å². The molecular formula is C15H21N3O3S. The van der Waals surface area contributed by atoms with Crippen LogP contribution in [0.5, 0.6) is 0 Å². The third-order valence-electron chi connectivity index (χ3n) is 4.39. The summed E-state index contributed by atoms with van der Waals surface area (Å²) in [5.74, 6) is 0.833. The lowest BCUT2D eigenvalue weighted by Gasteiger charge is -2.17. The molecule has 2 heterocycles. The zero-order chi connectivity index (χ0) is 15.7. The van der Waals surface area contributed by atoms with Gasteiger partial charge in [0.05, 0.1) is 12.7 Å². The van der Waals surface area contributed by atoms with Crippen molar-refractivity contribution in [1.29, 1.82) is 0 Å². The summed E-state index contributed by atoms with van der Waals surface area (Å²) >= 11 is 0. The second-order valence-electron chi connectivity index (χ2n) is 6.33. The molecule has 0 spiro atoms. The van der Waals surface area contributed by atoms with Gasteiger partial charge in [0.15, 0.2) is 0 Å². The molecule has 1 aromatic heterocycles. The average Bonchev–Trinajstić information content (AvgIpc) is 3.20. The largest absolute Gasteiger partial charge is 0.340 e. The first-order valence-electron chi connectivity index (χ1n) is 7.56. The monoisotopic (exact) mass is 323 g/mol. The lowest BCUT2D eigenvalue weighted by atomic mass is 9.99. The highest BCUT2D eigenvalue weighted by atomic mass is 32.2. The van der Waals surface area contributed by atoms with Crippen molar-refractivity contribution in [2.75, 3.05) is 19.3 Å². The van der Waals surface area contributed by atoms with Crippen LogP contribution in [0.1, 0.15) is 18.4 Å². The minimum Gasteiger partial charge on any atom is -0.340 e. The van der Waals surface area contributed by atoms with Crippen LogP contribution in [0.3, 0.4) is 0 Å². The van der Waals surface area contributed by atoms with E-state index in [4.69, 9.17) is 0 Å². The first kappa shape index (κ1) is 15.4. The van der Waals surface area contributed by atoms with Crippen molar-refractivity contribution in [3.8, 4) is 0 Å². The van der Waals surface area contributed by atoms with E-state index < -0.39 is 10.0 Å². The minimum atomic E-state index is -3.25. The molecular weight excluding hydrogens is 302 g/mol. The molecule has 1 aliphatic heterocycles. The molecule has 1 amide bonds. The smallest absolute Gasteiger partial charge is 0.227 e. The number of pyridine rings is 1. The van der Waals surface area contributed by atoms with Gasteiger partial charge in [-0.3, -0.25) is 9.78 Å². The molecule has 0 aromatic carbocycles. The zero-order valence-corrected chi connectivity index (χ0v) is 13.4. The molecule has 6 nitrogen and oxygen atoms in total. The van der Waals surface area contributed by atoms with Gasteiger partial charge in [0.1, 0.15) is 0 Å². The van der Waals surface area contributed by atoms with E-state index in [2.05, 4.69) is 9.71 Å². The molecule has 1 aromatic rings. The molecule has 0 radical (unpaired) electrons. The Morgan fingerprint density at radius 1 is 1.41 bits per heavy atom. The van der Waals surface area contributed by atoms with Crippen LogP contribution in [0.15, 0.2) is 24.5 Å². The maximum absolute atomic E-state index is 12.4. The molecule has 120 valence electrons. The van der Waals surface area contributed by atoms with Gasteiger partial charge in [-0.1, -0.05) is 6.07 Å². The molecule has 2 aliphatic rings. The third kappa shape index (κ3) is 3.84. The van der Waals surface area contributed by atoms with Crippen molar-refractivity contribution in [3.63, 3.8) is 0 Å². The minimum absolute atomic E-state index is 0.0384. The van der Waals surface area contributed by atoms with Crippen molar-refractivity contribution in [2.45, 2.75) is 25.3 Å². The predicted octanol–water partition coefficient (Wildman–Crippen LogP) is 0.410. The number of nitrogens with zero attached hydrogens (tertiary/aromatic N) is 2. The summed E-state index contributed by atoms with van der Waals surface area (Å²) in [4.78, 5) is 18.2. The number of carbonyl (C=O) groups excluding carboxylic acids is 1. The molecule has 3 rings (SSSR count). The van der Waals surface area contributed by atoms with Crippen LogP contribution in [0.2, 0.25) is 0 Å². The van der Waals surface area contributed by atoms with Gasteiger partial charge < -0.3 is 4.90 Å². The van der Waals surface area contributed by atoms with Crippen molar-refractivity contribution in [2.24, 2.45) is 11.8 Å². The van der Waals surface area contributed by atoms with E-state index >= 15 is 0 Å². The van der Waals surface area contributed by atoms with Crippen molar-refractivity contribution in [1.82, 2.24) is 14.6 Å². The number of aromatic nitrogens is 1. The molecule has 22 heavy (non-hydrogen) atoms. The lowest BCUT2D eigenvalue weighted by molar-refractivity contribution is -0.129. The summed E-state index contributed by atoms with van der Waals surface area (Å²) in [7, 11) is -3.25. The van der Waals surface area contributed by atoms with E-state index in [1.807, 2.05) is 12.1 Å². The van der Waals surface area contributed by atoms with Gasteiger partial charge in [-0.05, 0) is 36.3 Å². The van der Waals surface area contributed by atoms with Crippen LogP contribution in [0.25, 0.3) is 0 Å². The first-order chi connectivity index (χ1) is 10.4. The SMILES string of the molecule is CS(=O)(=O)N[C@@H]1CN(C(=O)Cc2cccnc2)C[C@H]1C1CC1. The maximum Gasteiger partial charge on any atom is 0.227 e. The van der Waals surface area contributed by atoms with Gasteiger partial charge in [0.2, 0.25) is 15.9 Å². The van der Waals surface area contributed by atoms with E-state index in [1.54, 1.807) is 17.3 Å². The first-order valence-corrected chi connectivity index (χ1v) is 9.45. The van der Waals surface area contributed by atoms with E-state index in [0.29, 0.717) is 25.4 Å². The second-order valence-corrected chi connectivity index (χ2v) is 8.11. The van der Waals surface area contributed by atoms with Crippen molar-refractivity contribution >= 4 is 15.9 Å². The van der Waals surface area contributed by atoms with Crippen molar-refractivity contribution in [3.05, 3.63) is 30.1 Å². The Hall–Kier alpha value is -1.47. The van der Waals surface area contributed by atoms with E-state index in [9.17, 15) is 13.2 Å². The Kier molecular flexibility index (Phi) is 4.18. The summed E-state index contributed by atoms with van der Waals surface area (Å²) in [5, 5.41) is 0. The molecule has 7 heteroatoms. The van der Waals surface area contributed by atoms with Crippen LogP contribution < -0.4 is 4.72 Å². The lowest BCUT2D eigenvalue weighted by Crippen LogP contribution is -2.41. The average molecular weight is 323 g/mol. The van der Waals surface area contributed by atoms with Gasteiger partial charge >= 0.3 is 0 Å². The highest BCUT2D eigenvalue weighted by Gasteiger charge is 2.44. The molecule has 1 N–H and O–H groups in total. The highest BCUT2D eigenvalue weighted by Crippen LogP contribution is 2.41. The Labute approximate surface area is 131 Å². The Morgan fingerprint density at radius 3 is 2.77 bits per heavy atom. The van der Waals surface area contributed by atoms with Gasteiger partial charge in [0.25, 0.3) is 0 Å². The van der Waals surface area contributed by atoms with Crippen LogP contribution >= 0.6 is 0 Å². The van der Waals surface area contributed by atoms with Gasteiger partial charge in [-0.2, -0.15) is 0 Å². The van der Waals surface area contributed by atoms with E-state index in [-0.39, 0.29) is 17.9 Å². The van der Waals surface area contributed by atoms with Crippen LogP contribution in [0, 0.1) is 11.8 Å². The normalized spacial score (nSPS) is 25.4. The molecule has 0 unspecified atom stereocenters. The van der Waals surface area contributed by atoms with Crippen LogP contribution in [-0.2, 0) is 21.2 Å². The van der Waals surface area contributed by atoms with Gasteiger partial charge in [-0.15, -0.1) is 0 Å². The number of sulfonamides is 1. The number of nitrogens with one attached hydrogen (secondary N) is 1. The Balaban J connectivity index is 1.66. The molecule has 2 fully saturated rings. The topological polar surface area (TPSA) is 79.4 Å². The Morgan fingerprint density at radius 2 is 2.18 bits per heavy atom. The fourth-order valence-corrected chi connectivity index (χ4v) is 4.02. The quantitative estimate of drug-likeness (QED) is 0.851. The highest BCUT2D eigenvalue weighted by molar-refractivity contribution is 7.88. The van der Waals surface area contributed by atoms with E-state index in [0.717, 1.165) is 18.4 Å². The van der Waals surface area contributed by atoms with Crippen LogP contribution in [-0.4, -0.2) is 49.6 Å². The second kappa shape index (κ2) is 5.96. The molecule has 0 bridgehead atoms. The number of likely N-dealkylation sites (tertiary alicyclic amines) is 1. The Bertz CT molecular complexity index is 643. The van der Waals surface area contributed by atoms with Crippen LogP contribution in [0.4, 0.5) is 0 Å². The third-order valence-corrected chi connectivity index (χ3v) is 5.12. The number of carbonyl (C=O) groups is 1. The molecule has 2 atom stereocenters. The summed E-state index contributed by atoms with van der Waals surface area (Å²) < 4.78 is 25.7. The summed E-state index contributed by atoms with van der Waals surface area (Å²) in [6.07, 6.45) is 7.14. The number of hydrogen-bond donors (Lipinski definition) is 1. The summed E-state index contributed by atoms with van der Waals surface area (Å²) in [6, 6.07) is 3.54. The predicted molar refractivity (Wildman–Crippen MR) is 82.5 cm³/mol. The molecule has 1 aliphatic carbocycles. The number of amides is 1. The molecule has 1 saturated heterocycles. The zero-order valence-electron chi connectivity index (χ0n) is 12.6. The maximum atomic E-state index is 12.4.